The molecule has 3 atom stereocenters. The minimum absolute atomic E-state index is 0.0109. The van der Waals surface area contributed by atoms with Crippen molar-refractivity contribution in [1.29, 1.82) is 0 Å². The highest BCUT2D eigenvalue weighted by Crippen LogP contribution is 2.47. The van der Waals surface area contributed by atoms with E-state index in [1.54, 1.807) is 24.1 Å². The van der Waals surface area contributed by atoms with Gasteiger partial charge < -0.3 is 9.64 Å². The average Bonchev–Trinajstić information content (AvgIpc) is 3.36. The van der Waals surface area contributed by atoms with Crippen molar-refractivity contribution < 1.29 is 19.3 Å². The number of carbonyl (C=O) groups excluding carboxylic acids is 1. The molecule has 3 aromatic rings. The van der Waals surface area contributed by atoms with Crippen LogP contribution >= 0.6 is 0 Å². The third-order valence-electron chi connectivity index (χ3n) is 6.00. The molecule has 0 radical (unpaired) electrons. The molecule has 2 heterocycles. The topological polar surface area (TPSA) is 85.1 Å². The van der Waals surface area contributed by atoms with Crippen molar-refractivity contribution in [2.75, 3.05) is 23.6 Å². The molecule has 0 aromatic heterocycles. The number of fused-ring (bicyclic) bond motifs is 1. The Balaban J connectivity index is 1.49. The van der Waals surface area contributed by atoms with Gasteiger partial charge in [0, 0.05) is 17.8 Å². The second kappa shape index (κ2) is 7.97. The van der Waals surface area contributed by atoms with Gasteiger partial charge in [0.15, 0.2) is 0 Å². The van der Waals surface area contributed by atoms with Crippen LogP contribution in [0.1, 0.15) is 11.6 Å². The van der Waals surface area contributed by atoms with Gasteiger partial charge >= 0.3 is 0 Å². The number of carbonyl (C=O) groups is 1. The van der Waals surface area contributed by atoms with Crippen molar-refractivity contribution in [3.05, 3.63) is 94.5 Å². The smallest absolute Gasteiger partial charge is 0.269 e. The van der Waals surface area contributed by atoms with E-state index in [1.165, 1.54) is 12.1 Å². The predicted molar refractivity (Wildman–Crippen MR) is 118 cm³/mol. The number of benzene rings is 3. The van der Waals surface area contributed by atoms with E-state index in [-0.39, 0.29) is 23.7 Å². The Morgan fingerprint density at radius 3 is 2.28 bits per heavy atom. The van der Waals surface area contributed by atoms with E-state index in [4.69, 9.17) is 9.57 Å². The lowest BCUT2D eigenvalue weighted by atomic mass is 9.90. The SMILES string of the molecule is COc1ccc(C2C3C(=O)N(c4ccc([N+](=O)[O-])cc4)CC3ON2c2ccccc2)cc1. The number of para-hydroxylation sites is 1. The number of non-ortho nitro benzene ring substituents is 1. The second-order valence-electron chi connectivity index (χ2n) is 7.77. The predicted octanol–water partition coefficient (Wildman–Crippen LogP) is 4.13. The zero-order chi connectivity index (χ0) is 22.2. The fraction of sp³-hybridized carbons (Fsp3) is 0.208. The van der Waals surface area contributed by atoms with Crippen LogP contribution in [0.4, 0.5) is 17.1 Å². The van der Waals surface area contributed by atoms with E-state index in [1.807, 2.05) is 59.7 Å². The molecule has 3 aromatic carbocycles. The lowest BCUT2D eigenvalue weighted by Gasteiger charge is -2.29. The molecule has 2 aliphatic rings. The molecule has 162 valence electrons. The summed E-state index contributed by atoms with van der Waals surface area (Å²) in [7, 11) is 1.61. The van der Waals surface area contributed by atoms with Crippen LogP contribution in [0.5, 0.6) is 5.75 Å². The third-order valence-corrected chi connectivity index (χ3v) is 6.00. The van der Waals surface area contributed by atoms with Gasteiger partial charge in [0.05, 0.1) is 36.2 Å². The van der Waals surface area contributed by atoms with E-state index in [9.17, 15) is 14.9 Å². The van der Waals surface area contributed by atoms with Gasteiger partial charge in [-0.2, -0.15) is 0 Å². The van der Waals surface area contributed by atoms with Crippen molar-refractivity contribution >= 4 is 23.0 Å². The first-order chi connectivity index (χ1) is 15.6. The molecule has 3 unspecified atom stereocenters. The number of hydroxylamine groups is 1. The summed E-state index contributed by atoms with van der Waals surface area (Å²) >= 11 is 0. The molecule has 0 spiro atoms. The Morgan fingerprint density at radius 1 is 0.969 bits per heavy atom. The van der Waals surface area contributed by atoms with Crippen molar-refractivity contribution in [2.45, 2.75) is 12.1 Å². The van der Waals surface area contributed by atoms with Gasteiger partial charge in [0.25, 0.3) is 5.69 Å². The standard InChI is InChI=1S/C24H21N3O5/c1-31-20-13-7-16(8-14-20)23-22-21(32-26(23)18-5-3-2-4-6-18)15-25(24(22)28)17-9-11-19(12-10-17)27(29)30/h2-14,21-23H,15H2,1H3. The highest BCUT2D eigenvalue weighted by molar-refractivity contribution is 5.99. The number of nitro benzene ring substituents is 1. The van der Waals surface area contributed by atoms with Crippen LogP contribution in [0, 0.1) is 16.0 Å². The minimum atomic E-state index is -0.453. The maximum atomic E-state index is 13.6. The van der Waals surface area contributed by atoms with Gasteiger partial charge in [-0.3, -0.25) is 19.7 Å². The highest BCUT2D eigenvalue weighted by atomic mass is 16.7. The van der Waals surface area contributed by atoms with E-state index in [0.717, 1.165) is 17.0 Å². The molecule has 5 rings (SSSR count). The number of nitrogens with zero attached hydrogens (tertiary/aromatic N) is 3. The number of hydrogen-bond donors (Lipinski definition) is 0. The molecule has 2 aliphatic heterocycles. The Morgan fingerprint density at radius 2 is 1.66 bits per heavy atom. The first-order valence-corrected chi connectivity index (χ1v) is 10.3. The van der Waals surface area contributed by atoms with Crippen LogP contribution in [0.3, 0.4) is 0 Å². The molecule has 0 N–H and O–H groups in total. The summed E-state index contributed by atoms with van der Waals surface area (Å²) in [5, 5.41) is 12.8. The summed E-state index contributed by atoms with van der Waals surface area (Å²) in [5.74, 6) is 0.252. The first kappa shape index (κ1) is 20.0. The second-order valence-corrected chi connectivity index (χ2v) is 7.77. The summed E-state index contributed by atoms with van der Waals surface area (Å²) in [4.78, 5) is 32.0. The number of amides is 1. The van der Waals surface area contributed by atoms with Crippen molar-refractivity contribution in [2.24, 2.45) is 5.92 Å². The molecule has 8 nitrogen and oxygen atoms in total. The lowest BCUT2D eigenvalue weighted by Crippen LogP contribution is -2.34. The summed E-state index contributed by atoms with van der Waals surface area (Å²) in [6, 6.07) is 23.1. The Labute approximate surface area is 184 Å². The zero-order valence-corrected chi connectivity index (χ0v) is 17.3. The maximum absolute atomic E-state index is 13.6. The number of ether oxygens (including phenoxy) is 1. The van der Waals surface area contributed by atoms with Crippen molar-refractivity contribution in [3.63, 3.8) is 0 Å². The highest BCUT2D eigenvalue weighted by Gasteiger charge is 2.55. The molecule has 8 heteroatoms. The normalized spacial score (nSPS) is 22.2. The average molecular weight is 431 g/mol. The van der Waals surface area contributed by atoms with Crippen LogP contribution in [-0.4, -0.2) is 30.6 Å². The largest absolute Gasteiger partial charge is 0.497 e. The van der Waals surface area contributed by atoms with Crippen LogP contribution in [0.2, 0.25) is 0 Å². The van der Waals surface area contributed by atoms with Crippen LogP contribution in [0.15, 0.2) is 78.9 Å². The monoisotopic (exact) mass is 431 g/mol. The number of anilines is 2. The van der Waals surface area contributed by atoms with Gasteiger partial charge in [0.2, 0.25) is 5.91 Å². The lowest BCUT2D eigenvalue weighted by molar-refractivity contribution is -0.384. The van der Waals surface area contributed by atoms with Crippen LogP contribution < -0.4 is 14.7 Å². The fourth-order valence-electron chi connectivity index (χ4n) is 4.44. The summed E-state index contributed by atoms with van der Waals surface area (Å²) in [6.07, 6.45) is -0.343. The molecule has 2 saturated heterocycles. The Kier molecular flexibility index (Phi) is 4.99. The summed E-state index contributed by atoms with van der Waals surface area (Å²) < 4.78 is 5.28. The molecule has 0 saturated carbocycles. The number of methoxy groups -OCH3 is 1. The minimum Gasteiger partial charge on any atom is -0.497 e. The molecule has 0 bridgehead atoms. The molecule has 2 fully saturated rings. The summed E-state index contributed by atoms with van der Waals surface area (Å²) in [6.45, 7) is 0.372. The molecular formula is C24H21N3O5. The molecule has 0 aliphatic carbocycles. The van der Waals surface area contributed by atoms with Crippen LogP contribution in [-0.2, 0) is 9.63 Å². The molecular weight excluding hydrogens is 410 g/mol. The van der Waals surface area contributed by atoms with Crippen molar-refractivity contribution in [1.82, 2.24) is 0 Å². The molecule has 32 heavy (non-hydrogen) atoms. The first-order valence-electron chi connectivity index (χ1n) is 10.3. The Bertz CT molecular complexity index is 1130. The van der Waals surface area contributed by atoms with E-state index in [2.05, 4.69) is 0 Å². The van der Waals surface area contributed by atoms with Gasteiger partial charge in [-0.15, -0.1) is 0 Å². The van der Waals surface area contributed by atoms with Gasteiger partial charge in [-0.25, -0.2) is 5.06 Å². The summed E-state index contributed by atoms with van der Waals surface area (Å²) in [5.41, 5.74) is 2.43. The number of rotatable bonds is 5. The zero-order valence-electron chi connectivity index (χ0n) is 17.3. The molecule has 1 amide bonds. The number of nitro groups is 1. The van der Waals surface area contributed by atoms with Gasteiger partial charge in [0.1, 0.15) is 11.9 Å². The van der Waals surface area contributed by atoms with Gasteiger partial charge in [-0.1, -0.05) is 30.3 Å². The van der Waals surface area contributed by atoms with Gasteiger partial charge in [-0.05, 0) is 42.0 Å². The van der Waals surface area contributed by atoms with Crippen LogP contribution in [0.25, 0.3) is 0 Å². The Hall–Kier alpha value is -3.91. The quantitative estimate of drug-likeness (QED) is 0.446. The van der Waals surface area contributed by atoms with Crippen molar-refractivity contribution in [3.8, 4) is 5.75 Å². The fourth-order valence-corrected chi connectivity index (χ4v) is 4.44. The maximum Gasteiger partial charge on any atom is 0.269 e. The third kappa shape index (κ3) is 3.34. The van der Waals surface area contributed by atoms with E-state index >= 15 is 0 Å². The number of hydrogen-bond acceptors (Lipinski definition) is 6. The van der Waals surface area contributed by atoms with E-state index < -0.39 is 10.8 Å². The van der Waals surface area contributed by atoms with E-state index in [0.29, 0.717) is 12.2 Å².